The number of rotatable bonds is 7. The van der Waals surface area contributed by atoms with Crippen LogP contribution in [0.1, 0.15) is 49.4 Å². The van der Waals surface area contributed by atoms with Crippen molar-refractivity contribution in [3.63, 3.8) is 0 Å². The molecular weight excluding hydrogens is 494 g/mol. The number of amides is 1. The normalized spacial score (nSPS) is 17.4. The molecule has 3 N–H and O–H groups in total. The molecule has 0 aliphatic carbocycles. The van der Waals surface area contributed by atoms with Gasteiger partial charge in [0.05, 0.1) is 23.1 Å². The maximum atomic E-state index is 13.3. The van der Waals surface area contributed by atoms with Gasteiger partial charge in [-0.2, -0.15) is 0 Å². The number of benzene rings is 2. The second kappa shape index (κ2) is 10.2. The highest BCUT2D eigenvalue weighted by atomic mass is 32.2. The van der Waals surface area contributed by atoms with E-state index < -0.39 is 27.8 Å². The van der Waals surface area contributed by atoms with E-state index in [9.17, 15) is 23.1 Å². The molecule has 4 rings (SSSR count). The molecule has 9 nitrogen and oxygen atoms in total. The zero-order chi connectivity index (χ0) is 26.9. The van der Waals surface area contributed by atoms with Crippen LogP contribution in [0.3, 0.4) is 0 Å². The Bertz CT molecular complexity index is 1480. The zero-order valence-electron chi connectivity index (χ0n) is 20.6. The van der Waals surface area contributed by atoms with E-state index in [1.807, 2.05) is 20.8 Å². The van der Waals surface area contributed by atoms with Crippen molar-refractivity contribution >= 4 is 33.2 Å². The molecule has 0 bridgehead atoms. The first kappa shape index (κ1) is 26.1. The quantitative estimate of drug-likeness (QED) is 0.273. The third-order valence-electron chi connectivity index (χ3n) is 6.09. The molecule has 2 heterocycles. The standard InChI is InChI=1S/C27H27N3O6S/c1-4-36-22-12-7-17(14-21(22)16(2)3)25(31)23-24(18-6-5-13-29-15-18)30(27(33)26(23)32)19-8-10-20(11-9-19)37(28,34)35/h5-16,24,31H,4H2,1-3H3,(H2,28,34,35)/b25-23-. The van der Waals surface area contributed by atoms with Crippen molar-refractivity contribution in [2.24, 2.45) is 5.14 Å². The average molecular weight is 522 g/mol. The number of sulfonamides is 1. The van der Waals surface area contributed by atoms with Crippen LogP contribution < -0.4 is 14.8 Å². The van der Waals surface area contributed by atoms with E-state index in [4.69, 9.17) is 9.88 Å². The molecule has 37 heavy (non-hydrogen) atoms. The maximum Gasteiger partial charge on any atom is 0.300 e. The Balaban J connectivity index is 1.90. The lowest BCUT2D eigenvalue weighted by atomic mass is 9.93. The van der Waals surface area contributed by atoms with E-state index in [2.05, 4.69) is 4.98 Å². The summed E-state index contributed by atoms with van der Waals surface area (Å²) in [6.07, 6.45) is 3.06. The van der Waals surface area contributed by atoms with Gasteiger partial charge in [0.15, 0.2) is 0 Å². The topological polar surface area (TPSA) is 140 Å². The summed E-state index contributed by atoms with van der Waals surface area (Å²) >= 11 is 0. The van der Waals surface area contributed by atoms with Gasteiger partial charge in [0.25, 0.3) is 11.7 Å². The van der Waals surface area contributed by atoms with E-state index >= 15 is 0 Å². The molecule has 0 saturated carbocycles. The van der Waals surface area contributed by atoms with Crippen LogP contribution in [0.2, 0.25) is 0 Å². The number of primary sulfonamides is 1. The number of nitrogens with two attached hydrogens (primary N) is 1. The minimum Gasteiger partial charge on any atom is -0.507 e. The predicted molar refractivity (Wildman–Crippen MR) is 139 cm³/mol. The van der Waals surface area contributed by atoms with Gasteiger partial charge >= 0.3 is 0 Å². The summed E-state index contributed by atoms with van der Waals surface area (Å²) in [7, 11) is -3.95. The fourth-order valence-corrected chi connectivity index (χ4v) is 4.85. The first-order valence-corrected chi connectivity index (χ1v) is 13.2. The highest BCUT2D eigenvalue weighted by Crippen LogP contribution is 2.42. The smallest absolute Gasteiger partial charge is 0.300 e. The van der Waals surface area contributed by atoms with Gasteiger partial charge in [0.2, 0.25) is 10.0 Å². The number of hydrogen-bond acceptors (Lipinski definition) is 7. The second-order valence-corrected chi connectivity index (χ2v) is 10.4. The van der Waals surface area contributed by atoms with Crippen LogP contribution in [0.25, 0.3) is 5.76 Å². The number of ketones is 1. The molecule has 1 amide bonds. The summed E-state index contributed by atoms with van der Waals surface area (Å²) in [5.74, 6) is -1.33. The Labute approximate surface area is 215 Å². The van der Waals surface area contributed by atoms with Gasteiger partial charge in [-0.25, -0.2) is 13.6 Å². The van der Waals surface area contributed by atoms with Crippen molar-refractivity contribution in [2.75, 3.05) is 11.5 Å². The molecule has 192 valence electrons. The Hall–Kier alpha value is -4.02. The summed E-state index contributed by atoms with van der Waals surface area (Å²) in [6.45, 7) is 6.33. The van der Waals surface area contributed by atoms with E-state index in [-0.39, 0.29) is 27.8 Å². The fraction of sp³-hybridized carbons (Fsp3) is 0.222. The third kappa shape index (κ3) is 4.98. The maximum absolute atomic E-state index is 13.3. The van der Waals surface area contributed by atoms with Crippen molar-refractivity contribution in [3.05, 3.63) is 89.3 Å². The van der Waals surface area contributed by atoms with Crippen LogP contribution in [0.4, 0.5) is 5.69 Å². The van der Waals surface area contributed by atoms with E-state index in [0.717, 1.165) is 5.56 Å². The van der Waals surface area contributed by atoms with Crippen molar-refractivity contribution in [3.8, 4) is 5.75 Å². The lowest BCUT2D eigenvalue weighted by Gasteiger charge is -2.25. The van der Waals surface area contributed by atoms with Crippen LogP contribution in [-0.4, -0.2) is 36.8 Å². The fourth-order valence-electron chi connectivity index (χ4n) is 4.34. The first-order chi connectivity index (χ1) is 17.5. The summed E-state index contributed by atoms with van der Waals surface area (Å²) in [6, 6.07) is 12.8. The molecule has 1 aliphatic rings. The lowest BCUT2D eigenvalue weighted by Crippen LogP contribution is -2.29. The van der Waals surface area contributed by atoms with Crippen molar-refractivity contribution in [2.45, 2.75) is 37.6 Å². The Morgan fingerprint density at radius 2 is 1.84 bits per heavy atom. The highest BCUT2D eigenvalue weighted by molar-refractivity contribution is 7.89. The van der Waals surface area contributed by atoms with E-state index in [0.29, 0.717) is 23.5 Å². The average Bonchev–Trinajstić information content (AvgIpc) is 3.14. The van der Waals surface area contributed by atoms with E-state index in [1.165, 1.54) is 35.4 Å². The number of aromatic nitrogens is 1. The monoisotopic (exact) mass is 521 g/mol. The molecule has 1 fully saturated rings. The number of carbonyl (C=O) groups excluding carboxylic acids is 2. The molecule has 0 radical (unpaired) electrons. The second-order valence-electron chi connectivity index (χ2n) is 8.83. The molecule has 1 unspecified atom stereocenters. The largest absolute Gasteiger partial charge is 0.507 e. The SMILES string of the molecule is CCOc1ccc(/C(O)=C2/C(=O)C(=O)N(c3ccc(S(N)(=O)=O)cc3)C2c2cccnc2)cc1C(C)C. The molecule has 1 saturated heterocycles. The molecule has 3 aromatic rings. The molecule has 1 atom stereocenters. The zero-order valence-corrected chi connectivity index (χ0v) is 21.4. The number of hydrogen-bond donors (Lipinski definition) is 2. The number of anilines is 1. The molecule has 1 aromatic heterocycles. The number of Topliss-reactive ketones (excluding diaryl/α,β-unsaturated/α-hetero) is 1. The first-order valence-electron chi connectivity index (χ1n) is 11.7. The van der Waals surface area contributed by atoms with Crippen molar-refractivity contribution in [1.29, 1.82) is 0 Å². The summed E-state index contributed by atoms with van der Waals surface area (Å²) < 4.78 is 29.1. The van der Waals surface area contributed by atoms with Gasteiger partial charge in [-0.05, 0) is 72.5 Å². The lowest BCUT2D eigenvalue weighted by molar-refractivity contribution is -0.132. The number of aliphatic hydroxyl groups excluding tert-OH is 1. The van der Waals surface area contributed by atoms with Crippen LogP contribution in [-0.2, 0) is 19.6 Å². The van der Waals surface area contributed by atoms with Gasteiger partial charge in [-0.3, -0.25) is 19.5 Å². The molecule has 0 spiro atoms. The van der Waals surface area contributed by atoms with Gasteiger partial charge in [-0.15, -0.1) is 0 Å². The predicted octanol–water partition coefficient (Wildman–Crippen LogP) is 3.88. The van der Waals surface area contributed by atoms with Gasteiger partial charge in [-0.1, -0.05) is 19.9 Å². The Kier molecular flexibility index (Phi) is 7.15. The number of aliphatic hydroxyl groups is 1. The highest BCUT2D eigenvalue weighted by Gasteiger charge is 2.47. The van der Waals surface area contributed by atoms with Gasteiger partial charge in [0, 0.05) is 23.6 Å². The number of nitrogens with zero attached hydrogens (tertiary/aromatic N) is 2. The van der Waals surface area contributed by atoms with Crippen molar-refractivity contribution in [1.82, 2.24) is 4.98 Å². The Morgan fingerprint density at radius 1 is 1.14 bits per heavy atom. The van der Waals surface area contributed by atoms with Crippen LogP contribution >= 0.6 is 0 Å². The molecule has 2 aromatic carbocycles. The van der Waals surface area contributed by atoms with Gasteiger partial charge < -0.3 is 9.84 Å². The van der Waals surface area contributed by atoms with Crippen LogP contribution in [0, 0.1) is 0 Å². The number of ether oxygens (including phenoxy) is 1. The summed E-state index contributed by atoms with van der Waals surface area (Å²) in [5, 5.41) is 16.6. The van der Waals surface area contributed by atoms with Gasteiger partial charge in [0.1, 0.15) is 11.5 Å². The van der Waals surface area contributed by atoms with Crippen LogP contribution in [0.5, 0.6) is 5.75 Å². The summed E-state index contributed by atoms with van der Waals surface area (Å²) in [5.41, 5.74) is 1.86. The minimum atomic E-state index is -3.95. The third-order valence-corrected chi connectivity index (χ3v) is 7.02. The molecule has 10 heteroatoms. The van der Waals surface area contributed by atoms with Crippen molar-refractivity contribution < 1.29 is 27.9 Å². The van der Waals surface area contributed by atoms with Crippen LogP contribution in [0.15, 0.2) is 77.5 Å². The Morgan fingerprint density at radius 3 is 2.41 bits per heavy atom. The van der Waals surface area contributed by atoms with E-state index in [1.54, 1.807) is 36.5 Å². The minimum absolute atomic E-state index is 0.0724. The molecular formula is C27H27N3O6S. The molecule has 1 aliphatic heterocycles. The number of pyridine rings is 1. The summed E-state index contributed by atoms with van der Waals surface area (Å²) in [4.78, 5) is 31.8. The number of carbonyl (C=O) groups is 2.